The summed E-state index contributed by atoms with van der Waals surface area (Å²) in [5.41, 5.74) is 3.74. The lowest BCUT2D eigenvalue weighted by atomic mass is 9.86. The lowest BCUT2D eigenvalue weighted by Gasteiger charge is -2.35. The minimum Gasteiger partial charge on any atom is -0.326 e. The van der Waals surface area contributed by atoms with Gasteiger partial charge >= 0.3 is 0 Å². The molecule has 2 aromatic rings. The normalized spacial score (nSPS) is 16.7. The second-order valence-electron chi connectivity index (χ2n) is 6.89. The van der Waals surface area contributed by atoms with Crippen LogP contribution in [0.4, 0.5) is 5.69 Å². The fraction of sp³-hybridized carbons (Fsp3) is 0.476. The first-order valence-electron chi connectivity index (χ1n) is 9.32. The highest BCUT2D eigenvalue weighted by molar-refractivity contribution is 7.09. The van der Waals surface area contributed by atoms with Crippen LogP contribution in [0.25, 0.3) is 0 Å². The van der Waals surface area contributed by atoms with Crippen LogP contribution in [0.3, 0.4) is 0 Å². The molecular weight excluding hydrogens is 328 g/mol. The van der Waals surface area contributed by atoms with Crippen LogP contribution in [0.1, 0.15) is 42.7 Å². The number of fused-ring (bicyclic) bond motifs is 1. The largest absolute Gasteiger partial charge is 0.326 e. The van der Waals surface area contributed by atoms with Crippen molar-refractivity contribution in [2.24, 2.45) is 0 Å². The summed E-state index contributed by atoms with van der Waals surface area (Å²) in [6.45, 7) is 6.15. The van der Waals surface area contributed by atoms with Crippen LogP contribution in [-0.2, 0) is 24.1 Å². The molecule has 4 heteroatoms. The maximum Gasteiger partial charge on any atom is 0.221 e. The highest BCUT2D eigenvalue weighted by Crippen LogP contribution is 2.30. The number of amides is 1. The smallest absolute Gasteiger partial charge is 0.221 e. The standard InChI is InChI=1S/C21H28N2OS/c1-3-12-23(13-11-19-7-5-14-25-19)18-9-10-20-17(15-18)6-4-8-21(20)22-16(2)24/h4-8,14,18H,3,9-13,15H2,1-2H3,(H,22,24). The Balaban J connectivity index is 1.69. The molecule has 1 unspecified atom stereocenters. The van der Waals surface area contributed by atoms with Gasteiger partial charge in [0.1, 0.15) is 0 Å². The Kier molecular flexibility index (Phi) is 6.27. The van der Waals surface area contributed by atoms with Gasteiger partial charge < -0.3 is 5.32 Å². The van der Waals surface area contributed by atoms with Crippen LogP contribution in [0.5, 0.6) is 0 Å². The van der Waals surface area contributed by atoms with Gasteiger partial charge in [-0.2, -0.15) is 0 Å². The van der Waals surface area contributed by atoms with Gasteiger partial charge in [-0.15, -0.1) is 11.3 Å². The third-order valence-corrected chi connectivity index (χ3v) is 5.96. The minimum atomic E-state index is 0.0130. The van der Waals surface area contributed by atoms with E-state index in [2.05, 4.69) is 46.8 Å². The van der Waals surface area contributed by atoms with Crippen molar-refractivity contribution in [1.29, 1.82) is 0 Å². The zero-order valence-corrected chi connectivity index (χ0v) is 16.1. The fourth-order valence-corrected chi connectivity index (χ4v) is 4.58. The van der Waals surface area contributed by atoms with Crippen LogP contribution in [0.15, 0.2) is 35.7 Å². The van der Waals surface area contributed by atoms with Crippen molar-refractivity contribution in [3.05, 3.63) is 51.7 Å². The van der Waals surface area contributed by atoms with Gasteiger partial charge in [0.25, 0.3) is 0 Å². The Bertz CT molecular complexity index is 696. The summed E-state index contributed by atoms with van der Waals surface area (Å²) < 4.78 is 0. The van der Waals surface area contributed by atoms with Crippen LogP contribution in [0, 0.1) is 0 Å². The molecule has 3 rings (SSSR count). The SMILES string of the molecule is CCCN(CCc1cccs1)C1CCc2c(cccc2NC(C)=O)C1. The van der Waals surface area contributed by atoms with Gasteiger partial charge in [0.15, 0.2) is 0 Å². The summed E-state index contributed by atoms with van der Waals surface area (Å²) in [6.07, 6.45) is 5.66. The van der Waals surface area contributed by atoms with Crippen LogP contribution < -0.4 is 5.32 Å². The number of hydrogen-bond donors (Lipinski definition) is 1. The zero-order valence-electron chi connectivity index (χ0n) is 15.3. The number of benzene rings is 1. The van der Waals surface area contributed by atoms with Gasteiger partial charge in [0.2, 0.25) is 5.91 Å². The molecule has 1 aliphatic rings. The monoisotopic (exact) mass is 356 g/mol. The topological polar surface area (TPSA) is 32.3 Å². The molecule has 0 saturated heterocycles. The van der Waals surface area contributed by atoms with Gasteiger partial charge in [-0.3, -0.25) is 9.69 Å². The van der Waals surface area contributed by atoms with Crippen molar-refractivity contribution in [3.8, 4) is 0 Å². The lowest BCUT2D eigenvalue weighted by molar-refractivity contribution is -0.114. The van der Waals surface area contributed by atoms with Crippen molar-refractivity contribution in [2.75, 3.05) is 18.4 Å². The van der Waals surface area contributed by atoms with Crippen molar-refractivity contribution in [2.45, 2.75) is 52.0 Å². The number of rotatable bonds is 7. The van der Waals surface area contributed by atoms with E-state index in [1.807, 2.05) is 17.4 Å². The van der Waals surface area contributed by atoms with E-state index in [-0.39, 0.29) is 5.91 Å². The molecular formula is C21H28N2OS. The third-order valence-electron chi connectivity index (χ3n) is 5.02. The van der Waals surface area contributed by atoms with E-state index in [4.69, 9.17) is 0 Å². The second-order valence-corrected chi connectivity index (χ2v) is 7.92. The molecule has 0 spiro atoms. The molecule has 0 bridgehead atoms. The first-order valence-corrected chi connectivity index (χ1v) is 10.2. The van der Waals surface area contributed by atoms with Crippen LogP contribution in [0.2, 0.25) is 0 Å². The molecule has 1 atom stereocenters. The maximum atomic E-state index is 11.4. The molecule has 1 heterocycles. The number of anilines is 1. The van der Waals surface area contributed by atoms with E-state index in [0.717, 1.165) is 38.0 Å². The first-order chi connectivity index (χ1) is 12.2. The molecule has 25 heavy (non-hydrogen) atoms. The third kappa shape index (κ3) is 4.71. The molecule has 1 aromatic carbocycles. The molecule has 0 aliphatic heterocycles. The maximum absolute atomic E-state index is 11.4. The quantitative estimate of drug-likeness (QED) is 0.791. The van der Waals surface area contributed by atoms with E-state index in [1.54, 1.807) is 6.92 Å². The fourth-order valence-electron chi connectivity index (χ4n) is 3.88. The molecule has 1 N–H and O–H groups in total. The van der Waals surface area contributed by atoms with Gasteiger partial charge in [-0.1, -0.05) is 25.1 Å². The highest BCUT2D eigenvalue weighted by Gasteiger charge is 2.25. The second kappa shape index (κ2) is 8.63. The molecule has 1 aromatic heterocycles. The van der Waals surface area contributed by atoms with Crippen molar-refractivity contribution >= 4 is 22.9 Å². The number of nitrogens with one attached hydrogen (secondary N) is 1. The van der Waals surface area contributed by atoms with E-state index in [0.29, 0.717) is 6.04 Å². The van der Waals surface area contributed by atoms with Gasteiger partial charge in [0, 0.05) is 30.1 Å². The van der Waals surface area contributed by atoms with Crippen molar-refractivity contribution in [1.82, 2.24) is 4.90 Å². The van der Waals surface area contributed by atoms with Gasteiger partial charge in [-0.25, -0.2) is 0 Å². The molecule has 0 fully saturated rings. The summed E-state index contributed by atoms with van der Waals surface area (Å²) in [4.78, 5) is 15.6. The number of carbonyl (C=O) groups excluding carboxylic acids is 1. The summed E-state index contributed by atoms with van der Waals surface area (Å²) >= 11 is 1.86. The van der Waals surface area contributed by atoms with E-state index >= 15 is 0 Å². The predicted molar refractivity (Wildman–Crippen MR) is 106 cm³/mol. The summed E-state index contributed by atoms with van der Waals surface area (Å²) in [7, 11) is 0. The van der Waals surface area contributed by atoms with Crippen LogP contribution in [-0.4, -0.2) is 29.9 Å². The number of carbonyl (C=O) groups is 1. The molecule has 1 amide bonds. The van der Waals surface area contributed by atoms with E-state index in [9.17, 15) is 4.79 Å². The Morgan fingerprint density at radius 1 is 1.28 bits per heavy atom. The summed E-state index contributed by atoms with van der Waals surface area (Å²) in [5, 5.41) is 5.16. The van der Waals surface area contributed by atoms with E-state index in [1.165, 1.54) is 28.8 Å². The average molecular weight is 357 g/mol. The predicted octanol–water partition coefficient (Wildman–Crippen LogP) is 4.52. The van der Waals surface area contributed by atoms with Crippen molar-refractivity contribution < 1.29 is 4.79 Å². The molecule has 134 valence electrons. The summed E-state index contributed by atoms with van der Waals surface area (Å²) in [6, 6.07) is 11.3. The summed E-state index contributed by atoms with van der Waals surface area (Å²) in [5.74, 6) is 0.0130. The first kappa shape index (κ1) is 18.2. The Hall–Kier alpha value is -1.65. The Labute approximate surface area is 155 Å². The average Bonchev–Trinajstić information content (AvgIpc) is 3.11. The number of hydrogen-bond acceptors (Lipinski definition) is 3. The molecule has 0 saturated carbocycles. The van der Waals surface area contributed by atoms with Gasteiger partial charge in [0.05, 0.1) is 0 Å². The Morgan fingerprint density at radius 3 is 2.88 bits per heavy atom. The van der Waals surface area contributed by atoms with Crippen LogP contribution >= 0.6 is 11.3 Å². The molecule has 0 radical (unpaired) electrons. The Morgan fingerprint density at radius 2 is 2.16 bits per heavy atom. The number of nitrogens with zero attached hydrogens (tertiary/aromatic N) is 1. The van der Waals surface area contributed by atoms with Crippen molar-refractivity contribution in [3.63, 3.8) is 0 Å². The lowest BCUT2D eigenvalue weighted by Crippen LogP contribution is -2.41. The molecule has 1 aliphatic carbocycles. The highest BCUT2D eigenvalue weighted by atomic mass is 32.1. The zero-order chi connectivity index (χ0) is 17.6. The number of thiophene rings is 1. The minimum absolute atomic E-state index is 0.0130. The van der Waals surface area contributed by atoms with Gasteiger partial charge in [-0.05, 0) is 67.3 Å². The molecule has 3 nitrogen and oxygen atoms in total. The van der Waals surface area contributed by atoms with E-state index < -0.39 is 0 Å².